The number of pyridine rings is 1. The Bertz CT molecular complexity index is 1850. The molecule has 0 radical (unpaired) electrons. The first-order valence-corrected chi connectivity index (χ1v) is 18.4. The molecule has 1 amide bonds. The predicted octanol–water partition coefficient (Wildman–Crippen LogP) is 8.21. The average Bonchev–Trinajstić information content (AvgIpc) is 3.78. The summed E-state index contributed by atoms with van der Waals surface area (Å²) in [6.07, 6.45) is 2.40. The van der Waals surface area contributed by atoms with Gasteiger partial charge in [0.1, 0.15) is 6.04 Å². The van der Waals surface area contributed by atoms with Crippen molar-refractivity contribution in [3.63, 3.8) is 0 Å². The van der Waals surface area contributed by atoms with E-state index in [1.807, 2.05) is 26.0 Å². The lowest BCUT2D eigenvalue weighted by Gasteiger charge is -2.34. The van der Waals surface area contributed by atoms with Crippen molar-refractivity contribution in [2.45, 2.75) is 123 Å². The fraction of sp³-hybridized carbons (Fsp3) is 0.537. The summed E-state index contributed by atoms with van der Waals surface area (Å²) in [6.45, 7) is 11.4. The molecule has 2 fully saturated rings. The molecule has 2 aliphatic carbocycles. The number of carbonyl (C=O) groups is 2. The van der Waals surface area contributed by atoms with Crippen LogP contribution in [0.2, 0.25) is 0 Å². The van der Waals surface area contributed by atoms with E-state index in [-0.39, 0.29) is 17.9 Å². The molecular formula is C41H50F3N3O4. The monoisotopic (exact) mass is 705 g/mol. The third-order valence-electron chi connectivity index (χ3n) is 11.1. The molecule has 1 saturated carbocycles. The topological polar surface area (TPSA) is 91.6 Å². The molecule has 51 heavy (non-hydrogen) atoms. The van der Waals surface area contributed by atoms with Crippen LogP contribution in [0, 0.1) is 26.7 Å². The molecule has 3 aromatic rings. The second-order valence-electron chi connectivity index (χ2n) is 15.6. The summed E-state index contributed by atoms with van der Waals surface area (Å²) in [4.78, 5) is 42.5. The number of hydrogen-bond acceptors (Lipinski definition) is 4. The van der Waals surface area contributed by atoms with Crippen LogP contribution in [0.1, 0.15) is 121 Å². The number of hydrogen-bond donors (Lipinski definition) is 2. The molecule has 2 heterocycles. The number of carbonyl (C=O) groups excluding carboxylic acids is 1. The zero-order valence-corrected chi connectivity index (χ0v) is 30.3. The number of aryl methyl sites for hydroxylation is 4. The summed E-state index contributed by atoms with van der Waals surface area (Å²) in [6, 6.07) is 7.38. The van der Waals surface area contributed by atoms with Crippen molar-refractivity contribution in [3.8, 4) is 11.1 Å². The number of aliphatic carboxylic acids is 1. The Balaban J connectivity index is 1.38. The number of carboxylic acid groups (broad SMARTS) is 1. The molecule has 1 aromatic heterocycles. The molecule has 7 nitrogen and oxygen atoms in total. The first-order valence-electron chi connectivity index (χ1n) is 18.4. The Kier molecular flexibility index (Phi) is 10.6. The number of benzene rings is 2. The number of rotatable bonds is 11. The lowest BCUT2D eigenvalue weighted by molar-refractivity contribution is -0.139. The van der Waals surface area contributed by atoms with E-state index in [9.17, 15) is 32.7 Å². The second kappa shape index (κ2) is 14.6. The predicted molar refractivity (Wildman–Crippen MR) is 192 cm³/mol. The maximum atomic E-state index is 14.4. The molecule has 2 aromatic carbocycles. The van der Waals surface area contributed by atoms with Gasteiger partial charge in [-0.3, -0.25) is 14.4 Å². The SMILES string of the molecule is Cc1cc(C)c(-c2cc([C@H](CC(=O)O)NC(=O)[C@@H](CC(C)C)n3cc(C4CCN(C5CC5)CC4)c(C(F)(F)F)cc3=O)cc3c2CCC3)c(C)c1. The molecule has 0 unspecified atom stereocenters. The van der Waals surface area contributed by atoms with Gasteiger partial charge in [0.05, 0.1) is 18.0 Å². The Morgan fingerprint density at radius 2 is 1.63 bits per heavy atom. The lowest BCUT2D eigenvalue weighted by atomic mass is 9.86. The van der Waals surface area contributed by atoms with Crippen LogP contribution in [-0.2, 0) is 28.6 Å². The van der Waals surface area contributed by atoms with E-state index in [0.29, 0.717) is 43.6 Å². The van der Waals surface area contributed by atoms with Crippen molar-refractivity contribution in [2.24, 2.45) is 5.92 Å². The fourth-order valence-electron chi connectivity index (χ4n) is 8.64. The number of likely N-dealkylation sites (tertiary alicyclic amines) is 1. The summed E-state index contributed by atoms with van der Waals surface area (Å²) in [5.41, 5.74) is 6.76. The van der Waals surface area contributed by atoms with Crippen LogP contribution in [0.5, 0.6) is 0 Å². The van der Waals surface area contributed by atoms with Crippen molar-refractivity contribution in [3.05, 3.63) is 91.4 Å². The molecule has 0 spiro atoms. The summed E-state index contributed by atoms with van der Waals surface area (Å²) in [5, 5.41) is 13.0. The molecule has 0 bridgehead atoms. The number of nitrogens with one attached hydrogen (secondary N) is 1. The highest BCUT2D eigenvalue weighted by molar-refractivity contribution is 5.82. The molecule has 2 atom stereocenters. The smallest absolute Gasteiger partial charge is 0.416 e. The van der Waals surface area contributed by atoms with Gasteiger partial charge < -0.3 is 19.9 Å². The number of carboxylic acids is 1. The number of amides is 1. The van der Waals surface area contributed by atoms with Gasteiger partial charge in [-0.15, -0.1) is 0 Å². The van der Waals surface area contributed by atoms with Gasteiger partial charge in [0.15, 0.2) is 0 Å². The van der Waals surface area contributed by atoms with Crippen molar-refractivity contribution >= 4 is 11.9 Å². The minimum Gasteiger partial charge on any atom is -0.481 e. The molecule has 274 valence electrons. The maximum absolute atomic E-state index is 14.4. The molecule has 10 heteroatoms. The quantitative estimate of drug-likeness (QED) is 0.210. The zero-order chi connectivity index (χ0) is 36.8. The zero-order valence-electron chi connectivity index (χ0n) is 30.3. The van der Waals surface area contributed by atoms with Crippen molar-refractivity contribution < 1.29 is 27.9 Å². The third-order valence-corrected chi connectivity index (χ3v) is 11.1. The summed E-state index contributed by atoms with van der Waals surface area (Å²) < 4.78 is 44.4. The standard InChI is InChI=1S/C41H50F3N3O4/c1-23(2)15-36(47-22-33(34(20-37(47)48)41(42,43)44)27-11-13-46(14-12-27)30-9-10-30)40(51)45-35(21-38(49)50)29-18-28-7-6-8-31(28)32(19-29)39-25(4)16-24(3)17-26(39)5/h16-20,22-23,27,30,35-36H,6-15,21H2,1-5H3,(H,45,51)(H,49,50)/t35-,36+/m0/s1. The van der Waals surface area contributed by atoms with E-state index >= 15 is 0 Å². The van der Waals surface area contributed by atoms with E-state index in [2.05, 4.69) is 43.1 Å². The van der Waals surface area contributed by atoms with E-state index < -0.39 is 53.6 Å². The lowest BCUT2D eigenvalue weighted by Crippen LogP contribution is -2.41. The van der Waals surface area contributed by atoms with Crippen molar-refractivity contribution in [1.29, 1.82) is 0 Å². The number of fused-ring (bicyclic) bond motifs is 1. The minimum atomic E-state index is -4.72. The summed E-state index contributed by atoms with van der Waals surface area (Å²) in [7, 11) is 0. The number of piperidine rings is 1. The van der Waals surface area contributed by atoms with Crippen LogP contribution in [0.15, 0.2) is 41.3 Å². The van der Waals surface area contributed by atoms with Gasteiger partial charge in [-0.1, -0.05) is 37.6 Å². The molecular weight excluding hydrogens is 655 g/mol. The maximum Gasteiger partial charge on any atom is 0.416 e. The van der Waals surface area contributed by atoms with Crippen LogP contribution in [-0.4, -0.2) is 45.6 Å². The molecule has 3 aliphatic rings. The number of halogens is 3. The van der Waals surface area contributed by atoms with Gasteiger partial charge in [-0.05, 0) is 148 Å². The molecule has 6 rings (SSSR count). The second-order valence-corrected chi connectivity index (χ2v) is 15.6. The Labute approximate surface area is 298 Å². The number of aromatic nitrogens is 1. The Morgan fingerprint density at radius 3 is 2.22 bits per heavy atom. The van der Waals surface area contributed by atoms with Gasteiger partial charge in [0.25, 0.3) is 5.56 Å². The Morgan fingerprint density at radius 1 is 0.961 bits per heavy atom. The van der Waals surface area contributed by atoms with Crippen LogP contribution in [0.25, 0.3) is 11.1 Å². The first-order chi connectivity index (χ1) is 24.1. The van der Waals surface area contributed by atoms with Gasteiger partial charge in [0.2, 0.25) is 5.91 Å². The van der Waals surface area contributed by atoms with Crippen molar-refractivity contribution in [2.75, 3.05) is 13.1 Å². The Hall–Kier alpha value is -3.92. The van der Waals surface area contributed by atoms with E-state index in [1.54, 1.807) is 0 Å². The van der Waals surface area contributed by atoms with Gasteiger partial charge in [-0.25, -0.2) is 0 Å². The number of alkyl halides is 3. The molecule has 1 saturated heterocycles. The first kappa shape index (κ1) is 36.9. The summed E-state index contributed by atoms with van der Waals surface area (Å²) in [5.74, 6) is -2.17. The van der Waals surface area contributed by atoms with Crippen molar-refractivity contribution in [1.82, 2.24) is 14.8 Å². The van der Waals surface area contributed by atoms with Crippen LogP contribution in [0.3, 0.4) is 0 Å². The van der Waals surface area contributed by atoms with E-state index in [0.717, 1.165) is 70.1 Å². The summed E-state index contributed by atoms with van der Waals surface area (Å²) >= 11 is 0. The highest BCUT2D eigenvalue weighted by atomic mass is 19.4. The van der Waals surface area contributed by atoms with Crippen LogP contribution < -0.4 is 10.9 Å². The average molecular weight is 706 g/mol. The van der Waals surface area contributed by atoms with Gasteiger partial charge >= 0.3 is 12.1 Å². The fourth-order valence-corrected chi connectivity index (χ4v) is 8.64. The highest BCUT2D eigenvalue weighted by Gasteiger charge is 2.40. The molecule has 1 aliphatic heterocycles. The van der Waals surface area contributed by atoms with E-state index in [4.69, 9.17) is 0 Å². The van der Waals surface area contributed by atoms with Crippen LogP contribution in [0.4, 0.5) is 13.2 Å². The largest absolute Gasteiger partial charge is 0.481 e. The highest BCUT2D eigenvalue weighted by Crippen LogP contribution is 2.42. The van der Waals surface area contributed by atoms with E-state index in [1.165, 1.54) is 11.8 Å². The van der Waals surface area contributed by atoms with Gasteiger partial charge in [-0.2, -0.15) is 13.2 Å². The van der Waals surface area contributed by atoms with Gasteiger partial charge in [0, 0.05) is 18.3 Å². The minimum absolute atomic E-state index is 0.0493. The van der Waals surface area contributed by atoms with Crippen LogP contribution >= 0.6 is 0 Å². The number of nitrogens with zero attached hydrogens (tertiary/aromatic N) is 2. The molecule has 2 N–H and O–H groups in total. The normalized spacial score (nSPS) is 18.1. The third kappa shape index (κ3) is 8.11.